The minimum Gasteiger partial charge on any atom is -0.383 e. The van der Waals surface area contributed by atoms with Crippen LogP contribution < -0.4 is 11.4 Å². The standard InChI is InChI=1S/C12H13N3O4/c1-3-11(17)9-12(11,18)6(2)8(19-9)15-5-4-7(13)14-10(15)16/h1,4-6,8-9,17-18H,2H3,(H2,13,14,16). The van der Waals surface area contributed by atoms with Crippen LogP contribution in [0.4, 0.5) is 5.82 Å². The van der Waals surface area contributed by atoms with Crippen LogP contribution in [0.15, 0.2) is 17.1 Å². The van der Waals surface area contributed by atoms with E-state index in [2.05, 4.69) is 10.9 Å². The first-order chi connectivity index (χ1) is 8.86. The Morgan fingerprint density at radius 2 is 2.32 bits per heavy atom. The van der Waals surface area contributed by atoms with Gasteiger partial charge in [-0.3, -0.25) is 4.57 Å². The molecule has 0 spiro atoms. The van der Waals surface area contributed by atoms with E-state index in [-0.39, 0.29) is 5.82 Å². The summed E-state index contributed by atoms with van der Waals surface area (Å²) in [4.78, 5) is 15.3. The van der Waals surface area contributed by atoms with Gasteiger partial charge in [-0.05, 0) is 6.07 Å². The monoisotopic (exact) mass is 263 g/mol. The van der Waals surface area contributed by atoms with Gasteiger partial charge in [0.1, 0.15) is 23.8 Å². The smallest absolute Gasteiger partial charge is 0.351 e. The summed E-state index contributed by atoms with van der Waals surface area (Å²) in [6, 6.07) is 1.46. The SMILES string of the molecule is C#CC1(O)C2OC(n3ccc(N)nc3=O)C(C)C21O. The molecule has 3 rings (SSSR count). The average molecular weight is 263 g/mol. The number of nitrogens with two attached hydrogens (primary N) is 1. The summed E-state index contributed by atoms with van der Waals surface area (Å²) >= 11 is 0. The lowest BCUT2D eigenvalue weighted by molar-refractivity contribution is -0.0698. The van der Waals surface area contributed by atoms with Gasteiger partial charge in [-0.2, -0.15) is 4.98 Å². The topological polar surface area (TPSA) is 111 Å². The maximum atomic E-state index is 11.7. The molecule has 2 heterocycles. The fourth-order valence-electron chi connectivity index (χ4n) is 2.81. The highest BCUT2D eigenvalue weighted by atomic mass is 16.6. The van der Waals surface area contributed by atoms with Crippen molar-refractivity contribution in [3.63, 3.8) is 0 Å². The molecule has 4 N–H and O–H groups in total. The fraction of sp³-hybridized carbons (Fsp3) is 0.500. The van der Waals surface area contributed by atoms with Crippen molar-refractivity contribution in [1.29, 1.82) is 0 Å². The van der Waals surface area contributed by atoms with E-state index in [1.165, 1.54) is 16.8 Å². The van der Waals surface area contributed by atoms with E-state index in [0.717, 1.165) is 0 Å². The zero-order valence-electron chi connectivity index (χ0n) is 10.1. The van der Waals surface area contributed by atoms with Gasteiger partial charge in [-0.15, -0.1) is 6.42 Å². The molecule has 5 atom stereocenters. The summed E-state index contributed by atoms with van der Waals surface area (Å²) in [7, 11) is 0. The Morgan fingerprint density at radius 3 is 2.79 bits per heavy atom. The third-order valence-corrected chi connectivity index (χ3v) is 4.05. The number of aromatic nitrogens is 2. The lowest BCUT2D eigenvalue weighted by Gasteiger charge is -2.26. The van der Waals surface area contributed by atoms with E-state index < -0.39 is 35.1 Å². The van der Waals surface area contributed by atoms with Crippen LogP contribution in [0.1, 0.15) is 13.2 Å². The van der Waals surface area contributed by atoms with E-state index in [9.17, 15) is 15.0 Å². The first-order valence-electron chi connectivity index (χ1n) is 5.79. The molecule has 100 valence electrons. The highest BCUT2D eigenvalue weighted by Crippen LogP contribution is 2.63. The maximum absolute atomic E-state index is 11.7. The van der Waals surface area contributed by atoms with Crippen LogP contribution in [-0.2, 0) is 4.74 Å². The van der Waals surface area contributed by atoms with Crippen molar-refractivity contribution in [3.8, 4) is 12.3 Å². The van der Waals surface area contributed by atoms with Gasteiger partial charge in [0, 0.05) is 12.1 Å². The summed E-state index contributed by atoms with van der Waals surface area (Å²) < 4.78 is 6.73. The van der Waals surface area contributed by atoms with E-state index in [1.54, 1.807) is 6.92 Å². The largest absolute Gasteiger partial charge is 0.383 e. The van der Waals surface area contributed by atoms with Crippen LogP contribution in [0.5, 0.6) is 0 Å². The molecule has 1 saturated heterocycles. The van der Waals surface area contributed by atoms with Crippen LogP contribution in [0.3, 0.4) is 0 Å². The molecule has 0 amide bonds. The zero-order valence-corrected chi connectivity index (χ0v) is 10.1. The summed E-state index contributed by atoms with van der Waals surface area (Å²) in [5.41, 5.74) is 1.61. The molecule has 7 nitrogen and oxygen atoms in total. The van der Waals surface area contributed by atoms with Gasteiger partial charge < -0.3 is 20.7 Å². The van der Waals surface area contributed by atoms with Crippen molar-refractivity contribution in [2.24, 2.45) is 5.92 Å². The van der Waals surface area contributed by atoms with E-state index in [1.807, 2.05) is 0 Å². The van der Waals surface area contributed by atoms with Gasteiger partial charge in [0.05, 0.1) is 0 Å². The second-order valence-electron chi connectivity index (χ2n) is 4.97. The number of anilines is 1. The number of aliphatic hydroxyl groups is 2. The van der Waals surface area contributed by atoms with Crippen molar-refractivity contribution in [2.75, 3.05) is 5.73 Å². The second-order valence-corrected chi connectivity index (χ2v) is 4.97. The Hall–Kier alpha value is -1.88. The zero-order chi connectivity index (χ0) is 14.0. The first-order valence-corrected chi connectivity index (χ1v) is 5.79. The minimum absolute atomic E-state index is 0.107. The predicted octanol–water partition coefficient (Wildman–Crippen LogP) is -1.53. The average Bonchev–Trinajstić information content (AvgIpc) is 2.69. The normalized spacial score (nSPS) is 43.6. The van der Waals surface area contributed by atoms with Crippen molar-refractivity contribution >= 4 is 5.82 Å². The fourth-order valence-corrected chi connectivity index (χ4v) is 2.81. The van der Waals surface area contributed by atoms with Crippen LogP contribution in [0.25, 0.3) is 0 Å². The molecular formula is C12H13N3O4. The number of nitrogens with zero attached hydrogens (tertiary/aromatic N) is 2. The predicted molar refractivity (Wildman–Crippen MR) is 64.7 cm³/mol. The third kappa shape index (κ3) is 1.23. The van der Waals surface area contributed by atoms with Crippen molar-refractivity contribution in [1.82, 2.24) is 9.55 Å². The van der Waals surface area contributed by atoms with Crippen LogP contribution in [0.2, 0.25) is 0 Å². The molecule has 1 aromatic heterocycles. The number of hydrogen-bond acceptors (Lipinski definition) is 6. The lowest BCUT2D eigenvalue weighted by Crippen LogP contribution is -2.39. The molecule has 5 unspecified atom stereocenters. The van der Waals surface area contributed by atoms with Crippen molar-refractivity contribution in [2.45, 2.75) is 30.5 Å². The second kappa shape index (κ2) is 3.36. The Kier molecular flexibility index (Phi) is 2.15. The number of ether oxygens (including phenoxy) is 1. The molecule has 19 heavy (non-hydrogen) atoms. The Bertz CT molecular complexity index is 651. The highest BCUT2D eigenvalue weighted by molar-refractivity contribution is 5.43. The Morgan fingerprint density at radius 1 is 1.63 bits per heavy atom. The summed E-state index contributed by atoms with van der Waals surface area (Å²) in [6.45, 7) is 1.66. The highest BCUT2D eigenvalue weighted by Gasteiger charge is 2.85. The third-order valence-electron chi connectivity index (χ3n) is 4.05. The number of terminal acetylenes is 1. The van der Waals surface area contributed by atoms with Crippen LogP contribution >= 0.6 is 0 Å². The Labute approximate surface area is 108 Å². The van der Waals surface area contributed by atoms with Gasteiger partial charge >= 0.3 is 5.69 Å². The number of rotatable bonds is 1. The van der Waals surface area contributed by atoms with Gasteiger partial charge in [-0.1, -0.05) is 12.8 Å². The quantitative estimate of drug-likeness (QED) is 0.530. The molecule has 1 aliphatic carbocycles. The summed E-state index contributed by atoms with van der Waals surface area (Å²) in [6.07, 6.45) is 5.02. The molecule has 1 saturated carbocycles. The van der Waals surface area contributed by atoms with E-state index >= 15 is 0 Å². The van der Waals surface area contributed by atoms with Crippen molar-refractivity contribution < 1.29 is 14.9 Å². The number of nitrogen functional groups attached to an aromatic ring is 1. The van der Waals surface area contributed by atoms with Gasteiger partial charge in [-0.25, -0.2) is 4.79 Å². The number of hydrogen-bond donors (Lipinski definition) is 3. The molecule has 1 aliphatic heterocycles. The van der Waals surface area contributed by atoms with Gasteiger partial charge in [0.2, 0.25) is 0 Å². The van der Waals surface area contributed by atoms with Crippen LogP contribution in [-0.4, -0.2) is 37.1 Å². The molecule has 7 heteroatoms. The molecular weight excluding hydrogens is 250 g/mol. The minimum atomic E-state index is -1.69. The molecule has 1 aromatic rings. The molecule has 2 aliphatic rings. The van der Waals surface area contributed by atoms with Crippen molar-refractivity contribution in [3.05, 3.63) is 22.7 Å². The van der Waals surface area contributed by atoms with Gasteiger partial charge in [0.25, 0.3) is 0 Å². The number of fused-ring (bicyclic) bond motifs is 1. The Balaban J connectivity index is 1.97. The molecule has 0 bridgehead atoms. The van der Waals surface area contributed by atoms with Crippen LogP contribution in [0, 0.1) is 18.3 Å². The maximum Gasteiger partial charge on any atom is 0.351 e. The first kappa shape index (κ1) is 12.2. The molecule has 0 radical (unpaired) electrons. The lowest BCUT2D eigenvalue weighted by atomic mass is 9.98. The van der Waals surface area contributed by atoms with E-state index in [0.29, 0.717) is 0 Å². The van der Waals surface area contributed by atoms with Gasteiger partial charge in [0.15, 0.2) is 5.60 Å². The van der Waals surface area contributed by atoms with E-state index in [4.69, 9.17) is 16.9 Å². The summed E-state index contributed by atoms with van der Waals surface area (Å²) in [5.74, 6) is 1.69. The molecule has 2 fully saturated rings. The summed E-state index contributed by atoms with van der Waals surface area (Å²) in [5, 5.41) is 20.3. The molecule has 0 aromatic carbocycles.